The van der Waals surface area contributed by atoms with Gasteiger partial charge in [0.25, 0.3) is 5.91 Å². The molecule has 0 bridgehead atoms. The molecule has 0 spiro atoms. The van der Waals surface area contributed by atoms with E-state index < -0.39 is 29.9 Å². The number of amides is 1. The highest BCUT2D eigenvalue weighted by Gasteiger charge is 2.36. The van der Waals surface area contributed by atoms with E-state index in [1.54, 1.807) is 0 Å². The zero-order valence-electron chi connectivity index (χ0n) is 19.8. The molecule has 0 saturated carbocycles. The van der Waals surface area contributed by atoms with Crippen LogP contribution < -0.4 is 10.2 Å². The first-order valence-electron chi connectivity index (χ1n) is 12.0. The van der Waals surface area contributed by atoms with Crippen LogP contribution in [0.5, 0.6) is 0 Å². The Morgan fingerprint density at radius 3 is 2.27 bits per heavy atom. The van der Waals surface area contributed by atoms with E-state index in [2.05, 4.69) is 20.4 Å². The summed E-state index contributed by atoms with van der Waals surface area (Å²) < 4.78 is 53.4. The van der Waals surface area contributed by atoms with Gasteiger partial charge in [-0.05, 0) is 30.5 Å². The summed E-state index contributed by atoms with van der Waals surface area (Å²) in [7, 11) is 0. The lowest BCUT2D eigenvalue weighted by atomic mass is 10.00. The molecule has 1 aliphatic rings. The minimum absolute atomic E-state index is 0.121. The Labute approximate surface area is 211 Å². The fourth-order valence-corrected chi connectivity index (χ4v) is 4.74. The largest absolute Gasteiger partial charge is 0.417 e. The Morgan fingerprint density at radius 2 is 1.59 bits per heavy atom. The summed E-state index contributed by atoms with van der Waals surface area (Å²) in [4.78, 5) is 14.8. The van der Waals surface area contributed by atoms with Crippen molar-refractivity contribution in [3.63, 3.8) is 0 Å². The van der Waals surface area contributed by atoms with E-state index in [1.807, 2.05) is 54.6 Å². The van der Waals surface area contributed by atoms with Crippen molar-refractivity contribution >= 4 is 22.5 Å². The second-order valence-electron chi connectivity index (χ2n) is 9.03. The third kappa shape index (κ3) is 5.12. The lowest BCUT2D eigenvalue weighted by Gasteiger charge is -2.33. The monoisotopic (exact) mass is 508 g/mol. The van der Waals surface area contributed by atoms with Gasteiger partial charge in [0.05, 0.1) is 11.1 Å². The number of fused-ring (bicyclic) bond motifs is 1. The van der Waals surface area contributed by atoms with E-state index in [1.165, 1.54) is 6.07 Å². The second-order valence-corrected chi connectivity index (χ2v) is 9.03. The molecule has 2 heterocycles. The van der Waals surface area contributed by atoms with E-state index in [0.717, 1.165) is 33.9 Å². The quantitative estimate of drug-likeness (QED) is 0.327. The molecule has 1 aromatic heterocycles. The van der Waals surface area contributed by atoms with Crippen molar-refractivity contribution in [3.8, 4) is 11.3 Å². The maximum absolute atomic E-state index is 13.5. The molecule has 9 heteroatoms. The van der Waals surface area contributed by atoms with Gasteiger partial charge in [-0.1, -0.05) is 60.7 Å². The fraction of sp³-hybridized carbons (Fsp3) is 0.250. The molecule has 190 valence electrons. The molecule has 0 unspecified atom stereocenters. The molecule has 5 rings (SSSR count). The van der Waals surface area contributed by atoms with E-state index in [-0.39, 0.29) is 11.6 Å². The van der Waals surface area contributed by atoms with Crippen LogP contribution in [0.25, 0.3) is 22.0 Å². The number of alkyl halides is 4. The summed E-state index contributed by atoms with van der Waals surface area (Å²) in [6, 6.07) is 20.4. The van der Waals surface area contributed by atoms with Gasteiger partial charge in [-0.3, -0.25) is 4.79 Å². The summed E-state index contributed by atoms with van der Waals surface area (Å²) >= 11 is 0. The van der Waals surface area contributed by atoms with Gasteiger partial charge in [0.1, 0.15) is 12.4 Å². The van der Waals surface area contributed by atoms with E-state index in [9.17, 15) is 22.4 Å². The van der Waals surface area contributed by atoms with Gasteiger partial charge in [-0.2, -0.15) is 13.2 Å². The van der Waals surface area contributed by atoms with Crippen molar-refractivity contribution in [2.45, 2.75) is 31.7 Å². The maximum atomic E-state index is 13.5. The smallest absolute Gasteiger partial charge is 0.354 e. The average molecular weight is 509 g/mol. The normalized spacial score (nSPS) is 14.6. The van der Waals surface area contributed by atoms with E-state index >= 15 is 0 Å². The van der Waals surface area contributed by atoms with E-state index in [4.69, 9.17) is 0 Å². The second kappa shape index (κ2) is 10.2. The van der Waals surface area contributed by atoms with Crippen molar-refractivity contribution in [1.29, 1.82) is 0 Å². The highest BCUT2D eigenvalue weighted by atomic mass is 19.4. The summed E-state index contributed by atoms with van der Waals surface area (Å²) in [5, 5.41) is 13.7. The highest BCUT2D eigenvalue weighted by molar-refractivity contribution is 6.00. The van der Waals surface area contributed by atoms with Crippen LogP contribution in [0.15, 0.2) is 72.8 Å². The fourth-order valence-electron chi connectivity index (χ4n) is 4.74. The maximum Gasteiger partial charge on any atom is 0.417 e. The molecule has 1 saturated heterocycles. The van der Waals surface area contributed by atoms with Gasteiger partial charge >= 0.3 is 6.18 Å². The lowest BCUT2D eigenvalue weighted by molar-refractivity contribution is -0.138. The molecule has 1 N–H and O–H groups in total. The molecule has 0 radical (unpaired) electrons. The first-order valence-corrected chi connectivity index (χ1v) is 12.0. The molecule has 1 aliphatic heterocycles. The number of benzene rings is 3. The average Bonchev–Trinajstić information content (AvgIpc) is 2.92. The number of carbonyl (C=O) groups excluding carboxylic acids is 1. The molecular weight excluding hydrogens is 484 g/mol. The first kappa shape index (κ1) is 24.7. The van der Waals surface area contributed by atoms with E-state index in [0.29, 0.717) is 32.0 Å². The van der Waals surface area contributed by atoms with Crippen molar-refractivity contribution in [2.75, 3.05) is 18.0 Å². The van der Waals surface area contributed by atoms with Gasteiger partial charge in [0, 0.05) is 35.5 Å². The summed E-state index contributed by atoms with van der Waals surface area (Å²) in [6.07, 6.45) is -3.69. The molecule has 1 fully saturated rings. The van der Waals surface area contributed by atoms with Crippen molar-refractivity contribution in [2.24, 2.45) is 0 Å². The number of anilines is 1. The summed E-state index contributed by atoms with van der Waals surface area (Å²) in [5.74, 6) is -0.0742. The Bertz CT molecular complexity index is 1420. The van der Waals surface area contributed by atoms with Crippen LogP contribution in [0.1, 0.15) is 34.3 Å². The van der Waals surface area contributed by atoms with Gasteiger partial charge in [-0.15, -0.1) is 10.2 Å². The standard InChI is InChI=1S/C28H24F4N4O/c29-17-18-10-11-23(24(16-18)28(30,31)32)27(37)33-20-12-14-36(15-13-20)26-22-9-5-4-8-21(22)25(34-35-26)19-6-2-1-3-7-19/h1-11,16,20H,12-15,17H2,(H,33,37). The van der Waals surface area contributed by atoms with Gasteiger partial charge in [0.15, 0.2) is 5.82 Å². The molecule has 0 atom stereocenters. The molecule has 1 amide bonds. The van der Waals surface area contributed by atoms with Crippen LogP contribution >= 0.6 is 0 Å². The molecule has 4 aromatic rings. The van der Waals surface area contributed by atoms with Gasteiger partial charge in [-0.25, -0.2) is 4.39 Å². The number of nitrogens with zero attached hydrogens (tertiary/aromatic N) is 3. The zero-order chi connectivity index (χ0) is 26.0. The molecular formula is C28H24F4N4O. The highest BCUT2D eigenvalue weighted by Crippen LogP contribution is 2.34. The minimum atomic E-state index is -4.76. The lowest BCUT2D eigenvalue weighted by Crippen LogP contribution is -2.45. The third-order valence-electron chi connectivity index (χ3n) is 6.63. The van der Waals surface area contributed by atoms with Crippen molar-refractivity contribution in [3.05, 3.63) is 89.5 Å². The van der Waals surface area contributed by atoms with Gasteiger partial charge < -0.3 is 10.2 Å². The SMILES string of the molecule is O=C(NC1CCN(c2nnc(-c3ccccc3)c3ccccc23)CC1)c1ccc(CF)cc1C(F)(F)F. The first-order chi connectivity index (χ1) is 17.8. The number of rotatable bonds is 5. The Morgan fingerprint density at radius 1 is 0.919 bits per heavy atom. The van der Waals surface area contributed by atoms with Crippen LogP contribution in [0.3, 0.4) is 0 Å². The van der Waals surface area contributed by atoms with Crippen molar-refractivity contribution in [1.82, 2.24) is 15.5 Å². The number of piperidine rings is 1. The zero-order valence-corrected chi connectivity index (χ0v) is 19.8. The number of hydrogen-bond donors (Lipinski definition) is 1. The number of halogens is 4. The molecule has 37 heavy (non-hydrogen) atoms. The summed E-state index contributed by atoms with van der Waals surface area (Å²) in [5.41, 5.74) is 0.0143. The predicted molar refractivity (Wildman–Crippen MR) is 134 cm³/mol. The van der Waals surface area contributed by atoms with Gasteiger partial charge in [0.2, 0.25) is 0 Å². The van der Waals surface area contributed by atoms with Crippen LogP contribution in [-0.4, -0.2) is 35.2 Å². The third-order valence-corrected chi connectivity index (χ3v) is 6.63. The molecule has 3 aromatic carbocycles. The number of carbonyl (C=O) groups is 1. The number of aromatic nitrogens is 2. The van der Waals surface area contributed by atoms with Crippen molar-refractivity contribution < 1.29 is 22.4 Å². The molecule has 5 nitrogen and oxygen atoms in total. The Balaban J connectivity index is 1.32. The van der Waals surface area contributed by atoms with Crippen LogP contribution in [0, 0.1) is 0 Å². The summed E-state index contributed by atoms with van der Waals surface area (Å²) in [6.45, 7) is 0.0792. The Hall–Kier alpha value is -4.01. The predicted octanol–water partition coefficient (Wildman–Crippen LogP) is 6.18. The Kier molecular flexibility index (Phi) is 6.78. The minimum Gasteiger partial charge on any atom is -0.354 e. The number of nitrogens with one attached hydrogen (secondary N) is 1. The van der Waals surface area contributed by atoms with Crippen LogP contribution in [0.2, 0.25) is 0 Å². The molecule has 0 aliphatic carbocycles. The number of hydrogen-bond acceptors (Lipinski definition) is 4. The van der Waals surface area contributed by atoms with Crippen LogP contribution in [-0.2, 0) is 12.9 Å². The topological polar surface area (TPSA) is 58.1 Å². The van der Waals surface area contributed by atoms with Crippen LogP contribution in [0.4, 0.5) is 23.4 Å².